The van der Waals surface area contributed by atoms with Crippen molar-refractivity contribution in [3.63, 3.8) is 0 Å². The van der Waals surface area contributed by atoms with Gasteiger partial charge in [0.1, 0.15) is 0 Å². The molecule has 4 aromatic carbocycles. The Morgan fingerprint density at radius 2 is 1.22 bits per heavy atom. The molecule has 4 nitrogen and oxygen atoms in total. The van der Waals surface area contributed by atoms with Gasteiger partial charge < -0.3 is 13.9 Å². The molecule has 7 rings (SSSR count). The molecule has 0 fully saturated rings. The van der Waals surface area contributed by atoms with Crippen LogP contribution < -0.4 is 0 Å². The molecule has 0 saturated carbocycles. The summed E-state index contributed by atoms with van der Waals surface area (Å²) in [6.45, 7) is 2.12. The lowest BCUT2D eigenvalue weighted by molar-refractivity contribution is 0.0259. The quantitative estimate of drug-likeness (QED) is 0.252. The Morgan fingerprint density at radius 1 is 0.649 bits per heavy atom. The van der Waals surface area contributed by atoms with E-state index in [1.165, 1.54) is 0 Å². The normalized spacial score (nSPS) is 16.9. The van der Waals surface area contributed by atoms with Gasteiger partial charge in [0.05, 0.1) is 11.3 Å². The maximum Gasteiger partial charge on any atom is 0.340 e. The third-order valence-electron chi connectivity index (χ3n) is 8.03. The van der Waals surface area contributed by atoms with Crippen LogP contribution in [0, 0.1) is 6.92 Å². The first kappa shape index (κ1) is 21.7. The number of fused-ring (bicyclic) bond motifs is 3. The number of carbonyl (C=O) groups excluding carboxylic acids is 1. The molecule has 37 heavy (non-hydrogen) atoms. The lowest BCUT2D eigenvalue weighted by Crippen LogP contribution is -2.31. The van der Waals surface area contributed by atoms with Crippen molar-refractivity contribution in [1.29, 1.82) is 0 Å². The van der Waals surface area contributed by atoms with Crippen molar-refractivity contribution < 1.29 is 9.53 Å². The number of cyclic esters (lactones) is 1. The number of carbonyl (C=O) groups is 1. The van der Waals surface area contributed by atoms with E-state index >= 15 is 0 Å². The summed E-state index contributed by atoms with van der Waals surface area (Å²) in [6, 6.07) is 35.0. The maximum atomic E-state index is 13.6. The van der Waals surface area contributed by atoms with Gasteiger partial charge in [-0.25, -0.2) is 4.79 Å². The summed E-state index contributed by atoms with van der Waals surface area (Å²) in [7, 11) is 4.18. The fourth-order valence-electron chi connectivity index (χ4n) is 6.36. The smallest absolute Gasteiger partial charge is 0.340 e. The number of ether oxygens (including phenoxy) is 1. The van der Waals surface area contributed by atoms with Gasteiger partial charge in [-0.1, -0.05) is 84.9 Å². The largest absolute Gasteiger partial charge is 0.440 e. The van der Waals surface area contributed by atoms with E-state index in [9.17, 15) is 4.79 Å². The molecule has 0 N–H and O–H groups in total. The van der Waals surface area contributed by atoms with Gasteiger partial charge in [0.25, 0.3) is 0 Å². The number of para-hydroxylation sites is 2. The van der Waals surface area contributed by atoms with E-state index in [2.05, 4.69) is 109 Å². The predicted octanol–water partition coefficient (Wildman–Crippen LogP) is 7.11. The minimum absolute atomic E-state index is 0.296. The predicted molar refractivity (Wildman–Crippen MR) is 148 cm³/mol. The Kier molecular flexibility index (Phi) is 4.52. The van der Waals surface area contributed by atoms with Crippen LogP contribution in [0.3, 0.4) is 0 Å². The standard InChI is InChI=1S/C33H26N2O2/c1-21-29(24-16-8-11-19-27(24)34(21)2)33(26-18-10-7-15-23(26)32(36)37-33)30-25-17-9-12-20-28(25)35(3)31(30)22-13-5-4-6-14-22/h4-20H,1-3H3. The van der Waals surface area contributed by atoms with E-state index in [0.717, 1.165) is 55.4 Å². The van der Waals surface area contributed by atoms with Crippen LogP contribution in [-0.2, 0) is 24.4 Å². The van der Waals surface area contributed by atoms with Gasteiger partial charge in [0.2, 0.25) is 0 Å². The fraction of sp³-hybridized carbons (Fsp3) is 0.121. The molecule has 0 bridgehead atoms. The van der Waals surface area contributed by atoms with Gasteiger partial charge in [0, 0.05) is 58.3 Å². The molecule has 2 aromatic heterocycles. The molecule has 1 aliphatic rings. The zero-order valence-electron chi connectivity index (χ0n) is 21.0. The Labute approximate surface area is 215 Å². The fourth-order valence-corrected chi connectivity index (χ4v) is 6.36. The summed E-state index contributed by atoms with van der Waals surface area (Å²) in [4.78, 5) is 13.6. The Morgan fingerprint density at radius 3 is 1.95 bits per heavy atom. The SMILES string of the molecule is Cc1c(C2(c3c(-c4ccccc4)n(C)c4ccccc34)OC(=O)c3ccccc32)c2ccccc2n1C. The summed E-state index contributed by atoms with van der Waals surface area (Å²) >= 11 is 0. The van der Waals surface area contributed by atoms with E-state index in [0.29, 0.717) is 5.56 Å². The molecule has 1 atom stereocenters. The molecule has 0 saturated heterocycles. The number of aryl methyl sites for hydroxylation is 2. The van der Waals surface area contributed by atoms with Gasteiger partial charge in [0.15, 0.2) is 5.60 Å². The summed E-state index contributed by atoms with van der Waals surface area (Å²) < 4.78 is 11.1. The Bertz CT molecular complexity index is 1860. The molecule has 0 spiro atoms. The highest BCUT2D eigenvalue weighted by atomic mass is 16.6. The average molecular weight is 483 g/mol. The highest BCUT2D eigenvalue weighted by molar-refractivity contribution is 6.03. The van der Waals surface area contributed by atoms with Gasteiger partial charge in [-0.05, 0) is 30.7 Å². The molecule has 1 unspecified atom stereocenters. The highest BCUT2D eigenvalue weighted by Crippen LogP contribution is 2.55. The molecule has 1 aliphatic heterocycles. The average Bonchev–Trinajstić information content (AvgIpc) is 3.50. The maximum absolute atomic E-state index is 13.6. The second-order valence-corrected chi connectivity index (χ2v) is 9.82. The Balaban J connectivity index is 1.75. The molecule has 0 radical (unpaired) electrons. The van der Waals surface area contributed by atoms with Crippen molar-refractivity contribution in [3.05, 3.63) is 131 Å². The minimum atomic E-state index is -1.12. The molecule has 0 amide bonds. The first-order chi connectivity index (χ1) is 18.0. The molecular formula is C33H26N2O2. The van der Waals surface area contributed by atoms with Crippen molar-refractivity contribution in [2.24, 2.45) is 14.1 Å². The number of esters is 1. The summed E-state index contributed by atoms with van der Waals surface area (Å²) in [6.07, 6.45) is 0. The summed E-state index contributed by atoms with van der Waals surface area (Å²) in [5.41, 5.74) is 7.77. The lowest BCUT2D eigenvalue weighted by Gasteiger charge is -2.32. The number of benzene rings is 4. The molecule has 3 heterocycles. The molecule has 6 aromatic rings. The van der Waals surface area contributed by atoms with Gasteiger partial charge in [-0.2, -0.15) is 0 Å². The van der Waals surface area contributed by atoms with E-state index in [1.54, 1.807) is 0 Å². The van der Waals surface area contributed by atoms with Crippen LogP contribution in [0.25, 0.3) is 33.1 Å². The monoisotopic (exact) mass is 482 g/mol. The number of nitrogens with zero attached hydrogens (tertiary/aromatic N) is 2. The number of hydrogen-bond acceptors (Lipinski definition) is 2. The Hall–Kier alpha value is -4.57. The first-order valence-electron chi connectivity index (χ1n) is 12.5. The van der Waals surface area contributed by atoms with Crippen molar-refractivity contribution >= 4 is 27.8 Å². The van der Waals surface area contributed by atoms with Gasteiger partial charge in [-0.15, -0.1) is 0 Å². The van der Waals surface area contributed by atoms with Crippen LogP contribution in [0.2, 0.25) is 0 Å². The summed E-state index contributed by atoms with van der Waals surface area (Å²) in [5.74, 6) is -0.296. The third kappa shape index (κ3) is 2.75. The van der Waals surface area contributed by atoms with Crippen LogP contribution in [0.5, 0.6) is 0 Å². The molecule has 0 aliphatic carbocycles. The molecule has 180 valence electrons. The van der Waals surface area contributed by atoms with E-state index in [4.69, 9.17) is 4.74 Å². The van der Waals surface area contributed by atoms with E-state index < -0.39 is 5.60 Å². The topological polar surface area (TPSA) is 36.2 Å². The van der Waals surface area contributed by atoms with Gasteiger partial charge >= 0.3 is 5.97 Å². The van der Waals surface area contributed by atoms with Crippen molar-refractivity contribution in [2.75, 3.05) is 0 Å². The van der Waals surface area contributed by atoms with Crippen molar-refractivity contribution in [3.8, 4) is 11.3 Å². The van der Waals surface area contributed by atoms with E-state index in [1.807, 2.05) is 24.3 Å². The van der Waals surface area contributed by atoms with E-state index in [-0.39, 0.29) is 5.97 Å². The molecule has 4 heteroatoms. The highest BCUT2D eigenvalue weighted by Gasteiger charge is 2.53. The van der Waals surface area contributed by atoms with Crippen LogP contribution in [0.1, 0.15) is 32.7 Å². The minimum Gasteiger partial charge on any atom is -0.440 e. The second kappa shape index (κ2) is 7.71. The van der Waals surface area contributed by atoms with Gasteiger partial charge in [-0.3, -0.25) is 0 Å². The van der Waals surface area contributed by atoms with Crippen molar-refractivity contribution in [1.82, 2.24) is 9.13 Å². The number of rotatable bonds is 3. The zero-order chi connectivity index (χ0) is 25.3. The van der Waals surface area contributed by atoms with Crippen LogP contribution >= 0.6 is 0 Å². The summed E-state index contributed by atoms with van der Waals surface area (Å²) in [5, 5.41) is 2.15. The molecular weight excluding hydrogens is 456 g/mol. The number of hydrogen-bond donors (Lipinski definition) is 0. The van der Waals surface area contributed by atoms with Crippen LogP contribution in [-0.4, -0.2) is 15.1 Å². The third-order valence-corrected chi connectivity index (χ3v) is 8.03. The lowest BCUT2D eigenvalue weighted by atomic mass is 9.76. The number of aromatic nitrogens is 2. The zero-order valence-corrected chi connectivity index (χ0v) is 21.0. The van der Waals surface area contributed by atoms with Crippen LogP contribution in [0.15, 0.2) is 103 Å². The first-order valence-corrected chi connectivity index (χ1v) is 12.5. The van der Waals surface area contributed by atoms with Crippen LogP contribution in [0.4, 0.5) is 0 Å². The second-order valence-electron chi connectivity index (χ2n) is 9.82. The van der Waals surface area contributed by atoms with Crippen molar-refractivity contribution in [2.45, 2.75) is 12.5 Å².